The Labute approximate surface area is 740 Å². The third kappa shape index (κ3) is 22.8. The first-order valence-electron chi connectivity index (χ1n) is 41.7. The van der Waals surface area contributed by atoms with Crippen LogP contribution in [0.25, 0.3) is 11.1 Å². The molecule has 7 aliphatic heterocycles. The quantitative estimate of drug-likeness (QED) is 0.0273. The van der Waals surface area contributed by atoms with Gasteiger partial charge in [-0.2, -0.15) is 0 Å². The Kier molecular flexibility index (Phi) is 32.3. The van der Waals surface area contributed by atoms with Gasteiger partial charge in [0.05, 0.1) is 63.7 Å². The van der Waals surface area contributed by atoms with Crippen molar-refractivity contribution in [3.05, 3.63) is 140 Å². The molecule has 11 bridgehead atoms. The van der Waals surface area contributed by atoms with Gasteiger partial charge in [0.1, 0.15) is 89.2 Å². The molecule has 0 spiro atoms. The molecular formula is C87H107Cl2N9O28S. The summed E-state index contributed by atoms with van der Waals surface area (Å²) in [7, 11) is -3.96. The second kappa shape index (κ2) is 42.2. The summed E-state index contributed by atoms with van der Waals surface area (Å²) < 4.78 is 73.8. The lowest BCUT2D eigenvalue weighted by atomic mass is 9.84. The lowest BCUT2D eigenvalue weighted by Crippen LogP contribution is -2.66. The fourth-order valence-corrected chi connectivity index (χ4v) is 17.6. The summed E-state index contributed by atoms with van der Waals surface area (Å²) >= 11 is 14.4. The molecule has 18 atom stereocenters. The smallest absolute Gasteiger partial charge is 0.330 e. The number of phenols is 3. The highest BCUT2D eigenvalue weighted by Gasteiger charge is 2.53. The number of Topliss-reactive ketones (excluding diaryl/α,β-unsaturated/α-hetero) is 2. The average Bonchev–Trinajstić information content (AvgIpc) is 0.757. The molecule has 7 heterocycles. The molecule has 0 saturated carbocycles. The number of aromatic hydroxyl groups is 3. The highest BCUT2D eigenvalue weighted by atomic mass is 35.5. The van der Waals surface area contributed by atoms with Crippen LogP contribution < -0.4 is 67.0 Å². The molecule has 0 radical (unpaired) electrons. The number of amides is 6. The zero-order valence-corrected chi connectivity index (χ0v) is 72.6. The molecule has 7 aliphatic rings. The number of hydrogen-bond donors (Lipinski definition) is 19. The zero-order valence-electron chi connectivity index (χ0n) is 70.3. The summed E-state index contributed by atoms with van der Waals surface area (Å²) in [4.78, 5) is 133. The molecule has 0 aromatic heterocycles. The highest BCUT2D eigenvalue weighted by molar-refractivity contribution is 7.89. The second-order valence-corrected chi connectivity index (χ2v) is 35.4. The number of nitrogens with two attached hydrogens (primary N) is 2. The molecule has 13 rings (SSSR count). The van der Waals surface area contributed by atoms with Gasteiger partial charge in [-0.3, -0.25) is 38.4 Å². The topological polar surface area (TPSA) is 591 Å². The molecular weight excluding hydrogens is 1720 g/mol. The van der Waals surface area contributed by atoms with E-state index in [-0.39, 0.29) is 76.2 Å². The maximum absolute atomic E-state index is 16.6. The number of nitrogens with one attached hydrogen (secondary N) is 7. The number of carboxylic acid groups (broad SMARTS) is 1. The summed E-state index contributed by atoms with van der Waals surface area (Å²) in [6.07, 6.45) is -17.9. The van der Waals surface area contributed by atoms with Crippen LogP contribution in [-0.2, 0) is 73.9 Å². The van der Waals surface area contributed by atoms with Crippen molar-refractivity contribution in [1.29, 1.82) is 0 Å². The van der Waals surface area contributed by atoms with E-state index in [1.165, 1.54) is 38.1 Å². The number of carboxylic acids is 1. The van der Waals surface area contributed by atoms with Crippen molar-refractivity contribution in [3.63, 3.8) is 0 Å². The Morgan fingerprint density at radius 3 is 1.99 bits per heavy atom. The van der Waals surface area contributed by atoms with Gasteiger partial charge >= 0.3 is 5.97 Å². The van der Waals surface area contributed by atoms with Gasteiger partial charge in [-0.05, 0) is 160 Å². The number of unbranched alkanes of at least 4 members (excludes halogenated alkanes) is 3. The van der Waals surface area contributed by atoms with Crippen LogP contribution in [0.3, 0.4) is 0 Å². The number of aliphatic hydroxyl groups excluding tert-OH is 6. The normalized spacial score (nSPS) is 26.0. The van der Waals surface area contributed by atoms with Crippen LogP contribution in [0.2, 0.25) is 10.0 Å². The van der Waals surface area contributed by atoms with Gasteiger partial charge in [-0.25, -0.2) is 17.9 Å². The molecule has 21 N–H and O–H groups in total. The summed E-state index contributed by atoms with van der Waals surface area (Å²) in [6.45, 7) is 9.04. The first kappa shape index (κ1) is 97.2. The number of fused-ring (bicyclic) bond motifs is 15. The minimum Gasteiger partial charge on any atom is -0.507 e. The van der Waals surface area contributed by atoms with Crippen LogP contribution in [0.15, 0.2) is 102 Å². The Morgan fingerprint density at radius 1 is 0.724 bits per heavy atom. The van der Waals surface area contributed by atoms with Crippen LogP contribution in [0.1, 0.15) is 176 Å². The average molecular weight is 1830 g/mol. The van der Waals surface area contributed by atoms with E-state index in [0.717, 1.165) is 79.9 Å². The van der Waals surface area contributed by atoms with Crippen molar-refractivity contribution in [3.8, 4) is 62.9 Å². The van der Waals surface area contributed by atoms with Gasteiger partial charge in [0.25, 0.3) is 0 Å². The van der Waals surface area contributed by atoms with E-state index >= 15 is 24.0 Å². The van der Waals surface area contributed by atoms with Gasteiger partial charge in [0.2, 0.25) is 57.5 Å². The second-order valence-electron chi connectivity index (χ2n) is 32.8. The number of aliphatic carboxylic acids is 1. The summed E-state index contributed by atoms with van der Waals surface area (Å²) in [5, 5.41) is 134. The number of carbonyl (C=O) groups is 9. The number of halogens is 2. The van der Waals surface area contributed by atoms with Crippen molar-refractivity contribution in [2.75, 3.05) is 32.8 Å². The number of phenolic OH excluding ortho intramolecular Hbond substituents is 3. The number of ketones is 2. The van der Waals surface area contributed by atoms with Gasteiger partial charge in [0, 0.05) is 61.4 Å². The molecule has 0 unspecified atom stereocenters. The van der Waals surface area contributed by atoms with Crippen molar-refractivity contribution >= 4 is 86.2 Å². The first-order valence-corrected chi connectivity index (χ1v) is 43.9. The highest BCUT2D eigenvalue weighted by Crippen LogP contribution is 2.51. The molecule has 37 nitrogen and oxygen atoms in total. The van der Waals surface area contributed by atoms with Crippen molar-refractivity contribution < 1.29 is 136 Å². The SMILES string of the molecule is CCCCCOc1ccc(S(=O)(=O)NCCCCNCc2c(O)cc3c(c2O)-c2cc(ccc2O)[C@H]2CC(=O)[C@@H]4NC(=O)[C@H](CC(N)=O)CC(=O)[C@H](NC(=O)[C@H](CC)CC(C)C)[C@H](O)c5ccc(c(Cl)c5)Oc5cc4cc(c5O[C@@H]4O[C@H](CO)[C@@H](O)[C@H](O)[C@H]4O[C@H]4C[C@](C)(NC(=O)CN)[C@H](O)[C@H](C)O4)Oc4ccc(cc4Cl)[C@@H](O)[C@H](NC2=O)C(=O)N[C@@H]3C(=O)O)cc1. The van der Waals surface area contributed by atoms with Crippen LogP contribution >= 0.6 is 23.2 Å². The fourth-order valence-electron chi connectivity index (χ4n) is 16.1. The third-order valence-electron chi connectivity index (χ3n) is 23.0. The van der Waals surface area contributed by atoms with Crippen LogP contribution in [0, 0.1) is 17.8 Å². The third-order valence-corrected chi connectivity index (χ3v) is 25.1. The van der Waals surface area contributed by atoms with Gasteiger partial charge < -0.3 is 128 Å². The largest absolute Gasteiger partial charge is 0.507 e. The maximum atomic E-state index is 16.6. The standard InChI is InChI=1S/C87H107Cl2N9O28S/c1-7-9-12-25-120-48-16-18-49(19-17-48)127(118,119)93-24-11-10-23-92-38-53-57(101)35-52-68(75(53)108)51-27-43(13-20-56(51)100)50-34-59(103)69-46-31-62(122-60-21-14-44(28-54(60)88)73(106)71(96-81(112)42(8-2)26-40(3)4)58(102)30-47(33-65(91)104)82(113)94-69)78(63(32-46)123-61-22-15-45(29-55(61)89)74(107)72(97-83(50)114)84(115)95-70(52)85(116)117)126-86-79(77(110)76(109)64(39-99)124-86)125-67-36-87(6,98-66(105)37-90)80(111)41(5)121-67/h13-22,27-29,31-32,35,40-42,47,50,64,67,69-74,76-77,79-80,86,92-93,99-101,106-111H,7-12,23-26,30,33-34,36-39,90H2,1-6H3,(H2,91,104)(H,94,113)(H,95,115)(H,96,112)(H,97,114)(H,98,105)(H,116,117)/t41-,42+,47-,50+,64+,67-,69+,70-,71-,72-,73+,74+,76+,77-,79+,80+,86-,87-/m0/s1. The van der Waals surface area contributed by atoms with Gasteiger partial charge in [0.15, 0.2) is 41.5 Å². The molecule has 6 aromatic carbocycles. The van der Waals surface area contributed by atoms with E-state index in [2.05, 4.69) is 43.5 Å². The van der Waals surface area contributed by atoms with Crippen LogP contribution in [-0.4, -0.2) is 212 Å². The van der Waals surface area contributed by atoms with Crippen molar-refractivity contribution in [2.45, 2.75) is 221 Å². The summed E-state index contributed by atoms with van der Waals surface area (Å²) in [5.41, 5.74) is 6.83. The van der Waals surface area contributed by atoms with E-state index in [1.54, 1.807) is 19.1 Å². The molecule has 6 aromatic rings. The summed E-state index contributed by atoms with van der Waals surface area (Å²) in [6, 6.07) is 10.2. The Bertz CT molecular complexity index is 5190. The maximum Gasteiger partial charge on any atom is 0.330 e. The zero-order chi connectivity index (χ0) is 92.4. The van der Waals surface area contributed by atoms with Crippen LogP contribution in [0.4, 0.5) is 0 Å². The van der Waals surface area contributed by atoms with E-state index in [4.69, 9.17) is 67.8 Å². The number of primary amides is 1. The monoisotopic (exact) mass is 1830 g/mol. The van der Waals surface area contributed by atoms with Crippen LogP contribution in [0.5, 0.6) is 51.7 Å². The molecule has 6 amide bonds. The lowest BCUT2D eigenvalue weighted by Gasteiger charge is -2.48. The molecule has 2 fully saturated rings. The molecule has 688 valence electrons. The number of carbonyl (C=O) groups excluding carboxylic acids is 8. The molecule has 0 aliphatic carbocycles. The minimum atomic E-state index is -3.96. The molecule has 2 saturated heterocycles. The van der Waals surface area contributed by atoms with E-state index in [1.807, 2.05) is 13.8 Å². The molecule has 127 heavy (non-hydrogen) atoms. The number of sulfonamides is 1. The number of aliphatic hydroxyl groups is 6. The predicted octanol–water partition coefficient (Wildman–Crippen LogP) is 5.05. The van der Waals surface area contributed by atoms with E-state index in [0.29, 0.717) is 25.2 Å². The Balaban J connectivity index is 1.07. The number of benzene rings is 6. The number of hydrogen-bond acceptors (Lipinski definition) is 29. The van der Waals surface area contributed by atoms with Crippen molar-refractivity contribution in [1.82, 2.24) is 36.6 Å². The Morgan fingerprint density at radius 2 is 1.38 bits per heavy atom. The Hall–Kier alpha value is -10.4. The van der Waals surface area contributed by atoms with Gasteiger partial charge in [-0.1, -0.05) is 81.9 Å². The fraction of sp³-hybridized carbons (Fsp3) is 0.483. The van der Waals surface area contributed by atoms with Gasteiger partial charge in [-0.15, -0.1) is 0 Å². The lowest BCUT2D eigenvalue weighted by molar-refractivity contribution is -0.334. The predicted molar refractivity (Wildman–Crippen MR) is 453 cm³/mol. The molecule has 40 heteroatoms. The first-order chi connectivity index (χ1) is 60.3. The number of rotatable bonds is 29. The minimum absolute atomic E-state index is 0.000518. The van der Waals surface area contributed by atoms with E-state index in [9.17, 15) is 78.7 Å². The van der Waals surface area contributed by atoms with E-state index < -0.39 is 278 Å². The van der Waals surface area contributed by atoms with Crippen molar-refractivity contribution in [2.24, 2.45) is 29.2 Å². The number of ether oxygens (including phenoxy) is 7. The summed E-state index contributed by atoms with van der Waals surface area (Å²) in [5.74, 6) is -20.2.